The normalized spacial score (nSPS) is 29.3. The summed E-state index contributed by atoms with van der Waals surface area (Å²) < 4.78 is 0. The van der Waals surface area contributed by atoms with Crippen LogP contribution in [0.1, 0.15) is 20.3 Å². The lowest BCUT2D eigenvalue weighted by atomic mass is 10.1. The molecule has 1 rings (SSSR count). The number of hydrazine groups is 1. The van der Waals surface area contributed by atoms with Gasteiger partial charge in [-0.2, -0.15) is 0 Å². The fraction of sp³-hybridized carbons (Fsp3) is 1.00. The zero-order valence-corrected chi connectivity index (χ0v) is 6.35. The summed E-state index contributed by atoms with van der Waals surface area (Å²) in [6, 6.07) is 0. The molecule has 2 nitrogen and oxygen atoms in total. The fourth-order valence-electron chi connectivity index (χ4n) is 1.21. The minimum atomic E-state index is 0.893. The Hall–Kier alpha value is -0.0800. The van der Waals surface area contributed by atoms with Crippen molar-refractivity contribution in [3.8, 4) is 0 Å². The van der Waals surface area contributed by atoms with E-state index in [-0.39, 0.29) is 0 Å². The van der Waals surface area contributed by atoms with E-state index >= 15 is 0 Å². The number of nitrogens with zero attached hydrogens (tertiary/aromatic N) is 1. The standard InChI is InChI=1S/C7H16N2/c1-3-7-5-8-9(4-2)6-7/h7-8H,3-6H2,1-2H3. The number of hydrogen-bond acceptors (Lipinski definition) is 2. The topological polar surface area (TPSA) is 15.3 Å². The van der Waals surface area contributed by atoms with Crippen LogP contribution in [0.25, 0.3) is 0 Å². The third kappa shape index (κ3) is 1.66. The minimum absolute atomic E-state index is 0.893. The first kappa shape index (κ1) is 7.03. The SMILES string of the molecule is CCC1CNN(CC)C1. The van der Waals surface area contributed by atoms with Crippen LogP contribution >= 0.6 is 0 Å². The van der Waals surface area contributed by atoms with Gasteiger partial charge in [-0.15, -0.1) is 0 Å². The van der Waals surface area contributed by atoms with Crippen LogP contribution < -0.4 is 5.43 Å². The molecule has 1 aliphatic heterocycles. The highest BCUT2D eigenvalue weighted by Gasteiger charge is 2.17. The smallest absolute Gasteiger partial charge is 0.0171 e. The van der Waals surface area contributed by atoms with Gasteiger partial charge in [-0.1, -0.05) is 20.3 Å². The summed E-state index contributed by atoms with van der Waals surface area (Å²) in [5.74, 6) is 0.893. The van der Waals surface area contributed by atoms with Crippen molar-refractivity contribution >= 4 is 0 Å². The maximum Gasteiger partial charge on any atom is 0.0171 e. The average Bonchev–Trinajstić information content (AvgIpc) is 2.34. The van der Waals surface area contributed by atoms with E-state index in [9.17, 15) is 0 Å². The Morgan fingerprint density at radius 3 is 2.67 bits per heavy atom. The van der Waals surface area contributed by atoms with Crippen molar-refractivity contribution in [2.45, 2.75) is 20.3 Å². The molecular formula is C7H16N2. The van der Waals surface area contributed by atoms with Crippen molar-refractivity contribution in [2.24, 2.45) is 5.92 Å². The Kier molecular flexibility index (Phi) is 2.49. The van der Waals surface area contributed by atoms with E-state index in [1.54, 1.807) is 0 Å². The molecule has 0 aromatic carbocycles. The highest BCUT2D eigenvalue weighted by molar-refractivity contribution is 4.70. The summed E-state index contributed by atoms with van der Waals surface area (Å²) in [5, 5.41) is 2.29. The lowest BCUT2D eigenvalue weighted by Gasteiger charge is -2.10. The number of nitrogens with one attached hydrogen (secondary N) is 1. The molecule has 1 saturated heterocycles. The molecular weight excluding hydrogens is 112 g/mol. The Morgan fingerprint density at radius 2 is 2.33 bits per heavy atom. The Morgan fingerprint density at radius 1 is 1.56 bits per heavy atom. The van der Waals surface area contributed by atoms with Gasteiger partial charge in [0.15, 0.2) is 0 Å². The van der Waals surface area contributed by atoms with Gasteiger partial charge < -0.3 is 0 Å². The van der Waals surface area contributed by atoms with Gasteiger partial charge in [0.1, 0.15) is 0 Å². The van der Waals surface area contributed by atoms with Gasteiger partial charge >= 0.3 is 0 Å². The highest BCUT2D eigenvalue weighted by Crippen LogP contribution is 2.08. The maximum absolute atomic E-state index is 3.34. The molecule has 0 saturated carbocycles. The molecule has 0 radical (unpaired) electrons. The molecule has 1 fully saturated rings. The Balaban J connectivity index is 2.20. The van der Waals surface area contributed by atoms with Crippen LogP contribution in [0, 0.1) is 5.92 Å². The molecule has 54 valence electrons. The van der Waals surface area contributed by atoms with Crippen molar-refractivity contribution in [2.75, 3.05) is 19.6 Å². The summed E-state index contributed by atoms with van der Waals surface area (Å²) >= 11 is 0. The second-order valence-corrected chi connectivity index (χ2v) is 2.68. The largest absolute Gasteiger partial charge is 0.255 e. The van der Waals surface area contributed by atoms with Crippen LogP contribution in [0.5, 0.6) is 0 Å². The van der Waals surface area contributed by atoms with Crippen molar-refractivity contribution in [1.29, 1.82) is 0 Å². The van der Waals surface area contributed by atoms with Crippen LogP contribution in [0.15, 0.2) is 0 Å². The maximum atomic E-state index is 3.34. The minimum Gasteiger partial charge on any atom is -0.255 e. The summed E-state index contributed by atoms with van der Waals surface area (Å²) in [6.45, 7) is 8.00. The Labute approximate surface area is 57.2 Å². The quantitative estimate of drug-likeness (QED) is 0.593. The third-order valence-corrected chi connectivity index (χ3v) is 2.04. The van der Waals surface area contributed by atoms with E-state index in [2.05, 4.69) is 24.3 Å². The van der Waals surface area contributed by atoms with Crippen LogP contribution in [0.3, 0.4) is 0 Å². The predicted octanol–water partition coefficient (Wildman–Crippen LogP) is 0.853. The molecule has 0 aromatic heterocycles. The van der Waals surface area contributed by atoms with Gasteiger partial charge in [-0.05, 0) is 5.92 Å². The molecule has 0 spiro atoms. The van der Waals surface area contributed by atoms with Gasteiger partial charge in [-0.3, -0.25) is 5.43 Å². The number of rotatable bonds is 2. The molecule has 0 aliphatic carbocycles. The molecule has 1 N–H and O–H groups in total. The van der Waals surface area contributed by atoms with E-state index in [0.29, 0.717) is 0 Å². The van der Waals surface area contributed by atoms with Gasteiger partial charge in [0.05, 0.1) is 0 Å². The number of hydrogen-bond donors (Lipinski definition) is 1. The molecule has 0 bridgehead atoms. The molecule has 9 heavy (non-hydrogen) atoms. The van der Waals surface area contributed by atoms with E-state index in [0.717, 1.165) is 12.5 Å². The van der Waals surface area contributed by atoms with E-state index in [1.807, 2.05) is 0 Å². The van der Waals surface area contributed by atoms with E-state index in [1.165, 1.54) is 19.5 Å². The zero-order chi connectivity index (χ0) is 6.69. The average molecular weight is 128 g/mol. The van der Waals surface area contributed by atoms with Crippen molar-refractivity contribution < 1.29 is 0 Å². The van der Waals surface area contributed by atoms with E-state index < -0.39 is 0 Å². The Bertz CT molecular complexity index is 73.0. The first-order valence-corrected chi connectivity index (χ1v) is 3.85. The summed E-state index contributed by atoms with van der Waals surface area (Å²) in [7, 11) is 0. The fourth-order valence-corrected chi connectivity index (χ4v) is 1.21. The lowest BCUT2D eigenvalue weighted by Crippen LogP contribution is -2.30. The monoisotopic (exact) mass is 128 g/mol. The van der Waals surface area contributed by atoms with Gasteiger partial charge in [0.2, 0.25) is 0 Å². The first-order valence-electron chi connectivity index (χ1n) is 3.85. The molecule has 1 aliphatic rings. The summed E-state index contributed by atoms with van der Waals surface area (Å²) in [5.41, 5.74) is 3.34. The molecule has 1 heterocycles. The molecule has 2 heteroatoms. The van der Waals surface area contributed by atoms with Crippen LogP contribution in [0.4, 0.5) is 0 Å². The zero-order valence-electron chi connectivity index (χ0n) is 6.35. The third-order valence-electron chi connectivity index (χ3n) is 2.04. The van der Waals surface area contributed by atoms with Crippen LogP contribution in [-0.2, 0) is 0 Å². The van der Waals surface area contributed by atoms with Crippen LogP contribution in [0.2, 0.25) is 0 Å². The van der Waals surface area contributed by atoms with Gasteiger partial charge in [0.25, 0.3) is 0 Å². The summed E-state index contributed by atoms with van der Waals surface area (Å²) in [4.78, 5) is 0. The second kappa shape index (κ2) is 3.18. The second-order valence-electron chi connectivity index (χ2n) is 2.68. The van der Waals surface area contributed by atoms with E-state index in [4.69, 9.17) is 0 Å². The highest BCUT2D eigenvalue weighted by atomic mass is 15.5. The molecule has 0 amide bonds. The van der Waals surface area contributed by atoms with Crippen LogP contribution in [-0.4, -0.2) is 24.6 Å². The lowest BCUT2D eigenvalue weighted by molar-refractivity contribution is 0.262. The van der Waals surface area contributed by atoms with Crippen molar-refractivity contribution in [3.63, 3.8) is 0 Å². The first-order chi connectivity index (χ1) is 4.36. The molecule has 0 aromatic rings. The van der Waals surface area contributed by atoms with Gasteiger partial charge in [-0.25, -0.2) is 5.01 Å². The molecule has 1 atom stereocenters. The summed E-state index contributed by atoms with van der Waals surface area (Å²) in [6.07, 6.45) is 1.31. The van der Waals surface area contributed by atoms with Gasteiger partial charge in [0, 0.05) is 19.6 Å². The van der Waals surface area contributed by atoms with Crippen molar-refractivity contribution in [1.82, 2.24) is 10.4 Å². The van der Waals surface area contributed by atoms with Crippen molar-refractivity contribution in [3.05, 3.63) is 0 Å². The predicted molar refractivity (Wildman–Crippen MR) is 39.0 cm³/mol. The molecule has 1 unspecified atom stereocenters.